The first-order chi connectivity index (χ1) is 26.3. The Morgan fingerprint density at radius 1 is 0.946 bits per heavy atom. The number of Topliss-reactive ketones (excluding diaryl/α,β-unsaturated/α-hetero) is 1. The molecule has 14 heteroatoms. The minimum Gasteiger partial charge on any atom is -0.507 e. The van der Waals surface area contributed by atoms with E-state index in [0.29, 0.717) is 13.1 Å². The largest absolute Gasteiger partial charge is 0.507 e. The topological polar surface area (TPSA) is 205 Å². The fourth-order valence-corrected chi connectivity index (χ4v) is 8.10. The van der Waals surface area contributed by atoms with Crippen LogP contribution in [0.25, 0.3) is 10.8 Å². The number of carbonyl (C=O) groups excluding carboxylic acids is 3. The summed E-state index contributed by atoms with van der Waals surface area (Å²) in [6.07, 6.45) is 5.58. The Morgan fingerprint density at radius 2 is 1.61 bits per heavy atom. The van der Waals surface area contributed by atoms with Crippen molar-refractivity contribution < 1.29 is 58.9 Å². The summed E-state index contributed by atoms with van der Waals surface area (Å²) >= 11 is 0. The number of carbonyl (C=O) groups is 3. The number of ether oxygens (including phenoxy) is 4. The molecule has 0 spiro atoms. The lowest BCUT2D eigenvalue weighted by Gasteiger charge is -2.38. The van der Waals surface area contributed by atoms with Crippen molar-refractivity contribution in [2.45, 2.75) is 105 Å². The lowest BCUT2D eigenvalue weighted by atomic mass is 9.78. The maximum absolute atomic E-state index is 14.4. The van der Waals surface area contributed by atoms with Crippen LogP contribution in [0, 0.1) is 30.6 Å². The molecular formula is C42H56N2O12. The number of allylic oxidation sites excluding steroid dienone is 2. The molecule has 9 atom stereocenters. The Hall–Kier alpha value is -4.63. The van der Waals surface area contributed by atoms with Crippen LogP contribution < -0.4 is 10.1 Å². The second-order valence-corrected chi connectivity index (χ2v) is 15.7. The number of hydrogen-bond acceptors (Lipinski definition) is 13. The number of fused-ring (bicyclic) bond motifs is 14. The second kappa shape index (κ2) is 16.8. The van der Waals surface area contributed by atoms with Crippen molar-refractivity contribution in [1.82, 2.24) is 4.90 Å². The normalized spacial score (nSPS) is 30.7. The van der Waals surface area contributed by atoms with Crippen LogP contribution in [-0.2, 0) is 30.3 Å². The van der Waals surface area contributed by atoms with Crippen LogP contribution in [0.3, 0.4) is 0 Å². The van der Waals surface area contributed by atoms with E-state index in [4.69, 9.17) is 18.9 Å². The van der Waals surface area contributed by atoms with E-state index < -0.39 is 88.8 Å². The Labute approximate surface area is 327 Å². The van der Waals surface area contributed by atoms with Crippen molar-refractivity contribution in [2.75, 3.05) is 25.5 Å². The van der Waals surface area contributed by atoms with Gasteiger partial charge in [0, 0.05) is 73.3 Å². The molecule has 4 heterocycles. The molecule has 1 fully saturated rings. The van der Waals surface area contributed by atoms with Crippen LogP contribution >= 0.6 is 0 Å². The van der Waals surface area contributed by atoms with Gasteiger partial charge in [-0.1, -0.05) is 45.9 Å². The zero-order valence-corrected chi connectivity index (χ0v) is 33.6. The zero-order chi connectivity index (χ0) is 41.4. The molecule has 4 aliphatic rings. The third-order valence-corrected chi connectivity index (χ3v) is 11.7. The molecule has 56 heavy (non-hydrogen) atoms. The van der Waals surface area contributed by atoms with Gasteiger partial charge in [-0.2, -0.15) is 0 Å². The smallest absolute Gasteiger partial charge is 0.312 e. The first-order valence-electron chi connectivity index (χ1n) is 19.1. The van der Waals surface area contributed by atoms with Crippen LogP contribution in [0.5, 0.6) is 23.0 Å². The molecule has 0 aromatic heterocycles. The van der Waals surface area contributed by atoms with Crippen molar-refractivity contribution in [3.63, 3.8) is 0 Å². The van der Waals surface area contributed by atoms with Gasteiger partial charge < -0.3 is 49.8 Å². The van der Waals surface area contributed by atoms with Gasteiger partial charge in [-0.25, -0.2) is 0 Å². The van der Waals surface area contributed by atoms with E-state index in [1.165, 1.54) is 46.3 Å². The third kappa shape index (κ3) is 7.97. The molecule has 9 unspecified atom stereocenters. The van der Waals surface area contributed by atoms with Gasteiger partial charge in [0.15, 0.2) is 5.75 Å². The molecule has 4 aliphatic heterocycles. The maximum atomic E-state index is 14.4. The summed E-state index contributed by atoms with van der Waals surface area (Å²) in [7, 11) is 1.45. The number of hydrogen-bond donors (Lipinski definition) is 6. The predicted molar refractivity (Wildman–Crippen MR) is 208 cm³/mol. The highest BCUT2D eigenvalue weighted by Crippen LogP contribution is 2.55. The number of esters is 1. The molecule has 5 bridgehead atoms. The standard InChI is InChI=1S/C42H56N2O12/c1-20-13-12-14-21(2)41(52)43-32-27(19-44-16-10-11-17-44)36(49)29-30(37(32)50)35(48)25(6)39-31(29)40(51)42(8,56-39)54-18-15-28(53-9)22(3)38(55-26(7)45)24(5)34(47)23(4)33(20)46/h12-15,18,20,22-24,28,33-34,38,46-50H,10-11,16-17,19H2,1-9H3,(H,43,52). The van der Waals surface area contributed by atoms with Gasteiger partial charge in [0.25, 0.3) is 11.7 Å². The minimum atomic E-state index is -2.00. The van der Waals surface area contributed by atoms with E-state index in [-0.39, 0.29) is 51.0 Å². The van der Waals surface area contributed by atoms with Crippen LogP contribution in [0.4, 0.5) is 5.69 Å². The van der Waals surface area contributed by atoms with Gasteiger partial charge in [0.05, 0.1) is 41.2 Å². The second-order valence-electron chi connectivity index (χ2n) is 15.7. The number of methoxy groups -OCH3 is 1. The van der Waals surface area contributed by atoms with Gasteiger partial charge in [-0.3, -0.25) is 19.3 Å². The third-order valence-electron chi connectivity index (χ3n) is 11.7. The van der Waals surface area contributed by atoms with Gasteiger partial charge in [-0.15, -0.1) is 0 Å². The van der Waals surface area contributed by atoms with Crippen LogP contribution in [-0.4, -0.2) is 98.5 Å². The first kappa shape index (κ1) is 42.5. The predicted octanol–water partition coefficient (Wildman–Crippen LogP) is 5.35. The van der Waals surface area contributed by atoms with E-state index in [0.717, 1.165) is 12.8 Å². The zero-order valence-electron chi connectivity index (χ0n) is 33.6. The Kier molecular flexibility index (Phi) is 12.8. The number of benzene rings is 2. The first-order valence-corrected chi connectivity index (χ1v) is 19.1. The van der Waals surface area contributed by atoms with E-state index in [1.54, 1.807) is 46.8 Å². The van der Waals surface area contributed by atoms with Crippen molar-refractivity contribution in [1.29, 1.82) is 0 Å². The average Bonchev–Trinajstić information content (AvgIpc) is 3.77. The van der Waals surface area contributed by atoms with Crippen molar-refractivity contribution in [3.05, 3.63) is 52.8 Å². The van der Waals surface area contributed by atoms with E-state index in [9.17, 15) is 39.9 Å². The Morgan fingerprint density at radius 3 is 2.23 bits per heavy atom. The fraction of sp³-hybridized carbons (Fsp3) is 0.548. The highest BCUT2D eigenvalue weighted by molar-refractivity contribution is 6.22. The van der Waals surface area contributed by atoms with Crippen molar-refractivity contribution in [3.8, 4) is 23.0 Å². The van der Waals surface area contributed by atoms with E-state index >= 15 is 0 Å². The van der Waals surface area contributed by atoms with Gasteiger partial charge in [-0.05, 0) is 45.9 Å². The molecule has 0 aliphatic carbocycles. The van der Waals surface area contributed by atoms with Crippen LogP contribution in [0.2, 0.25) is 0 Å². The molecule has 306 valence electrons. The van der Waals surface area contributed by atoms with Gasteiger partial charge in [0.2, 0.25) is 0 Å². The maximum Gasteiger partial charge on any atom is 0.312 e. The number of likely N-dealkylation sites (tertiary alicyclic amines) is 1. The van der Waals surface area contributed by atoms with Crippen molar-refractivity contribution in [2.24, 2.45) is 23.7 Å². The molecule has 0 saturated carbocycles. The number of rotatable bonds is 4. The van der Waals surface area contributed by atoms with Crippen LogP contribution in [0.15, 0.2) is 36.1 Å². The summed E-state index contributed by atoms with van der Waals surface area (Å²) in [6, 6.07) is 0. The number of aliphatic hydroxyl groups is 2. The Bertz CT molecular complexity index is 1950. The average molecular weight is 781 g/mol. The molecule has 2 aromatic carbocycles. The number of phenolic OH excluding ortho intramolecular Hbond substituents is 3. The highest BCUT2D eigenvalue weighted by atomic mass is 16.7. The molecule has 6 rings (SSSR count). The van der Waals surface area contributed by atoms with Gasteiger partial charge in [0.1, 0.15) is 23.4 Å². The molecule has 6 N–H and O–H groups in total. The quantitative estimate of drug-likeness (QED) is 0.132. The number of nitrogens with one attached hydrogen (secondary N) is 1. The minimum absolute atomic E-state index is 0.0504. The Balaban J connectivity index is 1.70. The molecule has 1 saturated heterocycles. The van der Waals surface area contributed by atoms with Crippen molar-refractivity contribution >= 4 is 34.1 Å². The van der Waals surface area contributed by atoms with E-state index in [2.05, 4.69) is 5.32 Å². The SMILES string of the molecule is COC1C=COC2(C)Oc3c(C)c(O)c4c(O)c(c(CN5CCCC5)c(O)c4c3C2=O)NC(=O)C(C)=CC=CC(C)C(O)C(C)C(O)C(C)C(OC(C)=O)C1C. The monoisotopic (exact) mass is 780 g/mol. The molecule has 1 amide bonds. The molecular weight excluding hydrogens is 724 g/mol. The van der Waals surface area contributed by atoms with E-state index in [1.807, 2.05) is 4.90 Å². The number of aliphatic hydroxyl groups excluding tert-OH is 2. The number of anilines is 1. The fourth-order valence-electron chi connectivity index (χ4n) is 8.10. The number of amides is 1. The summed E-state index contributed by atoms with van der Waals surface area (Å²) in [6.45, 7) is 14.2. The van der Waals surface area contributed by atoms with Gasteiger partial charge >= 0.3 is 11.8 Å². The summed E-state index contributed by atoms with van der Waals surface area (Å²) in [5, 5.41) is 60.6. The summed E-state index contributed by atoms with van der Waals surface area (Å²) in [5.41, 5.74) is 0.223. The number of ketones is 1. The lowest BCUT2D eigenvalue weighted by Crippen LogP contribution is -2.46. The molecule has 0 radical (unpaired) electrons. The summed E-state index contributed by atoms with van der Waals surface area (Å²) in [4.78, 5) is 42.4. The molecule has 14 nitrogen and oxygen atoms in total. The number of aromatic hydroxyl groups is 3. The molecule has 2 aromatic rings. The summed E-state index contributed by atoms with van der Waals surface area (Å²) in [5.74, 6) is -7.78. The number of nitrogens with zero attached hydrogens (tertiary/aromatic N) is 1. The number of phenols is 3. The lowest BCUT2D eigenvalue weighted by molar-refractivity contribution is -0.160. The van der Waals surface area contributed by atoms with Crippen LogP contribution in [0.1, 0.15) is 82.8 Å². The highest BCUT2D eigenvalue weighted by Gasteiger charge is 2.50. The summed E-state index contributed by atoms with van der Waals surface area (Å²) < 4.78 is 23.6.